The van der Waals surface area contributed by atoms with Crippen LogP contribution in [0.3, 0.4) is 0 Å². The zero-order valence-electron chi connectivity index (χ0n) is 14.6. The third-order valence-corrected chi connectivity index (χ3v) is 5.56. The molecule has 144 valence electrons. The summed E-state index contributed by atoms with van der Waals surface area (Å²) in [5.74, 6) is 0.361. The van der Waals surface area contributed by atoms with Gasteiger partial charge in [-0.25, -0.2) is 8.42 Å². The first-order valence-electron chi connectivity index (χ1n) is 7.71. The standard InChI is InChI=1S/C17H22N2O4S2.ClH/c1-23-14-5-3-12(4-6-14)13-9-15(24-11-13)10-19-17(20)16(18)7-8-25(2,21)22;/h3-6,9,11,16H,7-8,10,18H2,1-2H3,(H,19,20);1H. The van der Waals surface area contributed by atoms with Crippen LogP contribution >= 0.6 is 23.7 Å². The van der Waals surface area contributed by atoms with E-state index in [2.05, 4.69) is 5.32 Å². The molecule has 0 spiro atoms. The van der Waals surface area contributed by atoms with Gasteiger partial charge in [0, 0.05) is 11.1 Å². The van der Waals surface area contributed by atoms with Crippen LogP contribution < -0.4 is 15.8 Å². The maximum atomic E-state index is 11.9. The molecule has 1 aromatic heterocycles. The Morgan fingerprint density at radius 1 is 1.27 bits per heavy atom. The molecule has 6 nitrogen and oxygen atoms in total. The summed E-state index contributed by atoms with van der Waals surface area (Å²) < 4.78 is 27.4. The minimum atomic E-state index is -3.12. The van der Waals surface area contributed by atoms with Crippen LogP contribution in [0.2, 0.25) is 0 Å². The van der Waals surface area contributed by atoms with Crippen LogP contribution in [0.4, 0.5) is 0 Å². The number of amides is 1. The van der Waals surface area contributed by atoms with Gasteiger partial charge in [0.15, 0.2) is 0 Å². The van der Waals surface area contributed by atoms with Gasteiger partial charge in [0.25, 0.3) is 0 Å². The van der Waals surface area contributed by atoms with Gasteiger partial charge in [-0.15, -0.1) is 23.7 Å². The molecule has 1 amide bonds. The molecule has 0 bridgehead atoms. The number of thiophene rings is 1. The summed E-state index contributed by atoms with van der Waals surface area (Å²) in [6.07, 6.45) is 1.25. The SMILES string of the molecule is COc1ccc(-c2csc(CNC(=O)C(N)CCS(C)(=O)=O)c2)cc1.Cl. The lowest BCUT2D eigenvalue weighted by molar-refractivity contribution is -0.122. The van der Waals surface area contributed by atoms with Gasteiger partial charge in [-0.2, -0.15) is 0 Å². The first-order valence-corrected chi connectivity index (χ1v) is 10.7. The maximum Gasteiger partial charge on any atom is 0.237 e. The third kappa shape index (κ3) is 6.95. The van der Waals surface area contributed by atoms with E-state index in [0.717, 1.165) is 28.0 Å². The van der Waals surface area contributed by atoms with E-state index in [4.69, 9.17) is 10.5 Å². The summed E-state index contributed by atoms with van der Waals surface area (Å²) in [6, 6.07) is 8.93. The molecule has 3 N–H and O–H groups in total. The summed E-state index contributed by atoms with van der Waals surface area (Å²) >= 11 is 1.54. The fourth-order valence-corrected chi connectivity index (χ4v) is 3.70. The van der Waals surface area contributed by atoms with Gasteiger partial charge >= 0.3 is 0 Å². The van der Waals surface area contributed by atoms with Gasteiger partial charge in [-0.05, 0) is 41.1 Å². The first kappa shape index (κ1) is 22.4. The molecule has 0 aliphatic rings. The highest BCUT2D eigenvalue weighted by Gasteiger charge is 2.16. The van der Waals surface area contributed by atoms with Crippen LogP contribution in [0.15, 0.2) is 35.7 Å². The molecule has 1 atom stereocenters. The van der Waals surface area contributed by atoms with E-state index in [-0.39, 0.29) is 30.5 Å². The monoisotopic (exact) mass is 418 g/mol. The first-order chi connectivity index (χ1) is 11.8. The van der Waals surface area contributed by atoms with Gasteiger partial charge in [0.1, 0.15) is 15.6 Å². The van der Waals surface area contributed by atoms with Crippen molar-refractivity contribution in [3.63, 3.8) is 0 Å². The minimum absolute atomic E-state index is 0. The van der Waals surface area contributed by atoms with Crippen molar-refractivity contribution in [2.24, 2.45) is 5.73 Å². The molecule has 2 aromatic rings. The molecule has 0 saturated heterocycles. The average Bonchev–Trinajstić information content (AvgIpc) is 3.06. The highest BCUT2D eigenvalue weighted by molar-refractivity contribution is 7.90. The smallest absolute Gasteiger partial charge is 0.237 e. The normalized spacial score (nSPS) is 12.1. The quantitative estimate of drug-likeness (QED) is 0.684. The van der Waals surface area contributed by atoms with Crippen molar-refractivity contribution in [3.8, 4) is 16.9 Å². The van der Waals surface area contributed by atoms with Crippen LogP contribution in [-0.2, 0) is 21.2 Å². The largest absolute Gasteiger partial charge is 0.497 e. The molecule has 0 aliphatic carbocycles. The molecule has 0 saturated carbocycles. The highest BCUT2D eigenvalue weighted by Crippen LogP contribution is 2.27. The fraction of sp³-hybridized carbons (Fsp3) is 0.353. The summed E-state index contributed by atoms with van der Waals surface area (Å²) in [5, 5.41) is 4.77. The lowest BCUT2D eigenvalue weighted by Gasteiger charge is -2.10. The Kier molecular flexibility index (Phi) is 8.55. The number of rotatable bonds is 8. The Labute approximate surface area is 164 Å². The van der Waals surface area contributed by atoms with E-state index in [0.29, 0.717) is 6.54 Å². The van der Waals surface area contributed by atoms with E-state index in [1.54, 1.807) is 18.4 Å². The van der Waals surface area contributed by atoms with Gasteiger partial charge in [0.2, 0.25) is 5.91 Å². The Morgan fingerprint density at radius 2 is 1.92 bits per heavy atom. The number of nitrogens with one attached hydrogen (secondary N) is 1. The average molecular weight is 419 g/mol. The van der Waals surface area contributed by atoms with E-state index in [9.17, 15) is 13.2 Å². The van der Waals surface area contributed by atoms with Crippen molar-refractivity contribution in [1.82, 2.24) is 5.32 Å². The van der Waals surface area contributed by atoms with Gasteiger partial charge in [-0.1, -0.05) is 12.1 Å². The number of hydrogen-bond acceptors (Lipinski definition) is 6. The van der Waals surface area contributed by atoms with Crippen LogP contribution in [0.1, 0.15) is 11.3 Å². The zero-order valence-corrected chi connectivity index (χ0v) is 17.0. The number of nitrogens with two attached hydrogens (primary N) is 1. The van der Waals surface area contributed by atoms with Crippen LogP contribution in [0.5, 0.6) is 5.75 Å². The summed E-state index contributed by atoms with van der Waals surface area (Å²) in [7, 11) is -1.49. The second-order valence-corrected chi connectivity index (χ2v) is 9.03. The van der Waals surface area contributed by atoms with Crippen molar-refractivity contribution in [2.75, 3.05) is 19.1 Å². The topological polar surface area (TPSA) is 98.5 Å². The molecule has 0 fully saturated rings. The number of hydrogen-bond donors (Lipinski definition) is 2. The van der Waals surface area contributed by atoms with Crippen LogP contribution in [0, 0.1) is 0 Å². The highest BCUT2D eigenvalue weighted by atomic mass is 35.5. The molecular formula is C17H23ClN2O4S2. The number of carbonyl (C=O) groups excluding carboxylic acids is 1. The summed E-state index contributed by atoms with van der Waals surface area (Å²) in [5.41, 5.74) is 7.86. The Morgan fingerprint density at radius 3 is 2.50 bits per heavy atom. The summed E-state index contributed by atoms with van der Waals surface area (Å²) in [4.78, 5) is 12.9. The fourth-order valence-electron chi connectivity index (χ4n) is 2.19. The predicted molar refractivity (Wildman–Crippen MR) is 108 cm³/mol. The number of ether oxygens (including phenoxy) is 1. The Hall–Kier alpha value is -1.61. The number of methoxy groups -OCH3 is 1. The zero-order chi connectivity index (χ0) is 18.4. The van der Waals surface area contributed by atoms with Crippen molar-refractivity contribution in [1.29, 1.82) is 0 Å². The van der Waals surface area contributed by atoms with E-state index >= 15 is 0 Å². The summed E-state index contributed by atoms with van der Waals surface area (Å²) in [6.45, 7) is 0.367. The second kappa shape index (κ2) is 9.91. The molecule has 1 unspecified atom stereocenters. The van der Waals surface area contributed by atoms with Crippen molar-refractivity contribution in [3.05, 3.63) is 40.6 Å². The number of sulfone groups is 1. The molecule has 26 heavy (non-hydrogen) atoms. The molecule has 2 rings (SSSR count). The molecule has 0 aliphatic heterocycles. The van der Waals surface area contributed by atoms with Crippen molar-refractivity contribution >= 4 is 39.5 Å². The molecular weight excluding hydrogens is 396 g/mol. The molecule has 0 radical (unpaired) electrons. The van der Waals surface area contributed by atoms with Crippen molar-refractivity contribution < 1.29 is 17.9 Å². The predicted octanol–water partition coefficient (Wildman–Crippen LogP) is 2.22. The Balaban J connectivity index is 0.00000338. The second-order valence-electron chi connectivity index (χ2n) is 5.77. The Bertz CT molecular complexity index is 820. The lowest BCUT2D eigenvalue weighted by atomic mass is 10.1. The number of halogens is 1. The van der Waals surface area contributed by atoms with E-state index in [1.807, 2.05) is 35.7 Å². The number of benzene rings is 1. The molecule has 1 aromatic carbocycles. The van der Waals surface area contributed by atoms with Crippen molar-refractivity contribution in [2.45, 2.75) is 19.0 Å². The minimum Gasteiger partial charge on any atom is -0.497 e. The number of carbonyl (C=O) groups is 1. The van der Waals surface area contributed by atoms with Gasteiger partial charge < -0.3 is 15.8 Å². The maximum absolute atomic E-state index is 11.9. The van der Waals surface area contributed by atoms with E-state index < -0.39 is 15.9 Å². The molecule has 1 heterocycles. The van der Waals surface area contributed by atoms with Gasteiger partial charge in [-0.3, -0.25) is 4.79 Å². The molecule has 9 heteroatoms. The van der Waals surface area contributed by atoms with Gasteiger partial charge in [0.05, 0.1) is 25.4 Å². The van der Waals surface area contributed by atoms with Crippen LogP contribution in [-0.4, -0.2) is 39.5 Å². The van der Waals surface area contributed by atoms with E-state index in [1.165, 1.54) is 0 Å². The lowest BCUT2D eigenvalue weighted by Crippen LogP contribution is -2.41. The van der Waals surface area contributed by atoms with Crippen LogP contribution in [0.25, 0.3) is 11.1 Å². The third-order valence-electron chi connectivity index (χ3n) is 3.65.